The highest BCUT2D eigenvalue weighted by Gasteiger charge is 2.35. The molecule has 3 aromatic rings. The Bertz CT molecular complexity index is 1310. The molecule has 0 spiro atoms. The van der Waals surface area contributed by atoms with E-state index in [0.29, 0.717) is 37.0 Å². The van der Waals surface area contributed by atoms with Crippen LogP contribution in [0, 0.1) is 5.82 Å². The molecule has 1 saturated heterocycles. The number of nitrogens with zero attached hydrogens (tertiary/aromatic N) is 3. The molecule has 3 heterocycles. The van der Waals surface area contributed by atoms with E-state index in [-0.39, 0.29) is 17.4 Å². The van der Waals surface area contributed by atoms with Gasteiger partial charge in [0.2, 0.25) is 5.90 Å². The topological polar surface area (TPSA) is 65.5 Å². The van der Waals surface area contributed by atoms with E-state index in [2.05, 4.69) is 25.3 Å². The van der Waals surface area contributed by atoms with Gasteiger partial charge >= 0.3 is 12.4 Å². The van der Waals surface area contributed by atoms with Gasteiger partial charge in [-0.3, -0.25) is 4.90 Å². The minimum atomic E-state index is -4.83. The summed E-state index contributed by atoms with van der Waals surface area (Å²) in [5.74, 6) is -0.503. The van der Waals surface area contributed by atoms with Crippen LogP contribution < -0.4 is 5.48 Å². The van der Waals surface area contributed by atoms with Crippen molar-refractivity contribution in [1.29, 1.82) is 0 Å². The highest BCUT2D eigenvalue weighted by atomic mass is 19.4. The van der Waals surface area contributed by atoms with Crippen molar-refractivity contribution in [2.24, 2.45) is 4.99 Å². The minimum Gasteiger partial charge on any atom is -0.386 e. The van der Waals surface area contributed by atoms with Crippen LogP contribution in [0.15, 0.2) is 53.7 Å². The number of piperidine rings is 1. The molecule has 1 atom stereocenters. The van der Waals surface area contributed by atoms with Crippen LogP contribution in [0.5, 0.6) is 0 Å². The summed E-state index contributed by atoms with van der Waals surface area (Å²) in [6, 6.07) is 7.48. The summed E-state index contributed by atoms with van der Waals surface area (Å²) in [5.41, 5.74) is 1.87. The molecule has 0 radical (unpaired) electrons. The van der Waals surface area contributed by atoms with Crippen molar-refractivity contribution in [2.75, 3.05) is 19.6 Å². The Morgan fingerprint density at radius 2 is 1.61 bits per heavy atom. The fourth-order valence-corrected chi connectivity index (χ4v) is 4.57. The van der Waals surface area contributed by atoms with Crippen molar-refractivity contribution in [1.82, 2.24) is 20.3 Å². The lowest BCUT2D eigenvalue weighted by Gasteiger charge is -2.31. The zero-order valence-corrected chi connectivity index (χ0v) is 19.7. The monoisotopic (exact) mass is 541 g/mol. The van der Waals surface area contributed by atoms with Crippen LogP contribution in [0.25, 0.3) is 11.3 Å². The first-order chi connectivity index (χ1) is 18.0. The molecule has 0 bridgehead atoms. The number of hydroxylamine groups is 1. The maximum absolute atomic E-state index is 13.6. The number of nitrogens with one attached hydrogen (secondary N) is 2. The molecule has 2 aliphatic heterocycles. The van der Waals surface area contributed by atoms with E-state index in [1.807, 2.05) is 0 Å². The molecule has 202 valence electrons. The molecule has 38 heavy (non-hydrogen) atoms. The number of halogens is 7. The van der Waals surface area contributed by atoms with Crippen molar-refractivity contribution in [3.63, 3.8) is 0 Å². The first-order valence-corrected chi connectivity index (χ1v) is 11.8. The number of aliphatic imine (C=N–C) groups is 1. The van der Waals surface area contributed by atoms with Gasteiger partial charge in [-0.25, -0.2) is 14.4 Å². The van der Waals surface area contributed by atoms with Crippen LogP contribution in [0.1, 0.15) is 41.3 Å². The molecule has 1 fully saturated rings. The second kappa shape index (κ2) is 10.0. The summed E-state index contributed by atoms with van der Waals surface area (Å²) in [7, 11) is 0. The average Bonchev–Trinajstić information content (AvgIpc) is 3.54. The maximum atomic E-state index is 13.6. The second-order valence-electron chi connectivity index (χ2n) is 9.19. The lowest BCUT2D eigenvalue weighted by atomic mass is 9.96. The number of hydrogen-bond acceptors (Lipinski definition) is 5. The highest BCUT2D eigenvalue weighted by molar-refractivity contribution is 5.95. The van der Waals surface area contributed by atoms with Crippen LogP contribution in [0.3, 0.4) is 0 Å². The normalized spacial score (nSPS) is 19.4. The van der Waals surface area contributed by atoms with E-state index in [1.165, 1.54) is 18.2 Å². The van der Waals surface area contributed by atoms with Crippen molar-refractivity contribution >= 4 is 5.90 Å². The van der Waals surface area contributed by atoms with Gasteiger partial charge < -0.3 is 9.82 Å². The van der Waals surface area contributed by atoms with E-state index in [9.17, 15) is 30.7 Å². The minimum absolute atomic E-state index is 0.0223. The Kier molecular flexibility index (Phi) is 6.90. The first kappa shape index (κ1) is 26.2. The largest absolute Gasteiger partial charge is 0.419 e. The van der Waals surface area contributed by atoms with Crippen molar-refractivity contribution in [3.05, 3.63) is 77.0 Å². The molecule has 13 heteroatoms. The van der Waals surface area contributed by atoms with E-state index >= 15 is 0 Å². The predicted molar refractivity (Wildman–Crippen MR) is 123 cm³/mol. The van der Waals surface area contributed by atoms with E-state index in [1.54, 1.807) is 6.20 Å². The van der Waals surface area contributed by atoms with E-state index in [4.69, 9.17) is 4.84 Å². The number of likely N-dealkylation sites (tertiary alicyclic amines) is 1. The third-order valence-electron chi connectivity index (χ3n) is 6.61. The van der Waals surface area contributed by atoms with Crippen LogP contribution in [0.4, 0.5) is 30.7 Å². The molecule has 1 unspecified atom stereocenters. The number of H-pyrrole nitrogens is 1. The average molecular weight is 541 g/mol. The molecule has 5 rings (SSSR count). The fraction of sp³-hybridized carbons (Fsp3) is 0.360. The van der Waals surface area contributed by atoms with Crippen molar-refractivity contribution < 1.29 is 35.6 Å². The van der Waals surface area contributed by atoms with Gasteiger partial charge in [0.05, 0.1) is 23.0 Å². The quantitative estimate of drug-likeness (QED) is 0.405. The summed E-state index contributed by atoms with van der Waals surface area (Å²) < 4.78 is 91.0. The number of hydrogen-bond donors (Lipinski definition) is 2. The molecule has 6 nitrogen and oxygen atoms in total. The van der Waals surface area contributed by atoms with Crippen molar-refractivity contribution in [2.45, 2.75) is 37.3 Å². The van der Waals surface area contributed by atoms with Gasteiger partial charge in [-0.2, -0.15) is 26.3 Å². The smallest absolute Gasteiger partial charge is 0.386 e. The van der Waals surface area contributed by atoms with Gasteiger partial charge in [-0.15, -0.1) is 5.48 Å². The molecule has 2 aromatic carbocycles. The summed E-state index contributed by atoms with van der Waals surface area (Å²) in [4.78, 5) is 19.4. The number of alkyl halides is 6. The Hall–Kier alpha value is -3.45. The Labute approximate surface area is 212 Å². The third kappa shape index (κ3) is 5.68. The number of aromatic nitrogens is 2. The zero-order chi connectivity index (χ0) is 27.1. The lowest BCUT2D eigenvalue weighted by Crippen LogP contribution is -2.41. The predicted octanol–water partition coefficient (Wildman–Crippen LogP) is 5.74. The summed E-state index contributed by atoms with van der Waals surface area (Å²) in [6.45, 7) is 1.87. The summed E-state index contributed by atoms with van der Waals surface area (Å²) in [6.07, 6.45) is -6.57. The van der Waals surface area contributed by atoms with Gasteiger partial charge in [-0.05, 0) is 61.8 Å². The molecule has 0 amide bonds. The van der Waals surface area contributed by atoms with Gasteiger partial charge in [0.1, 0.15) is 17.8 Å². The molecular formula is C25H22F7N5O. The second-order valence-corrected chi connectivity index (χ2v) is 9.19. The Morgan fingerprint density at radius 1 is 0.921 bits per heavy atom. The van der Waals surface area contributed by atoms with Crippen LogP contribution in [-0.2, 0) is 17.2 Å². The van der Waals surface area contributed by atoms with Gasteiger partial charge in [-0.1, -0.05) is 12.1 Å². The van der Waals surface area contributed by atoms with Gasteiger partial charge in [0.15, 0.2) is 0 Å². The van der Waals surface area contributed by atoms with Crippen LogP contribution >= 0.6 is 0 Å². The Morgan fingerprint density at radius 3 is 2.26 bits per heavy atom. The standard InChI is InChI=1S/C25H22F7N5O/c26-19-6-3-16(11-18(19)25(30,31)32)23-35-21(36-38-23)13-37-9-7-15(8-10-37)22-33-12-20(34-22)14-1-4-17(5-2-14)24(27,28)29/h1-6,11-12,15,21,36H,7-10,13H2,(H,33,34). The zero-order valence-electron chi connectivity index (χ0n) is 19.7. The van der Waals surface area contributed by atoms with Crippen LogP contribution in [0.2, 0.25) is 0 Å². The first-order valence-electron chi connectivity index (χ1n) is 11.8. The maximum Gasteiger partial charge on any atom is 0.419 e. The molecule has 0 saturated carbocycles. The summed E-state index contributed by atoms with van der Waals surface area (Å²) >= 11 is 0. The van der Waals surface area contributed by atoms with Gasteiger partial charge in [0.25, 0.3) is 0 Å². The molecule has 2 N–H and O–H groups in total. The highest BCUT2D eigenvalue weighted by Crippen LogP contribution is 2.33. The fourth-order valence-electron chi connectivity index (χ4n) is 4.57. The Balaban J connectivity index is 1.16. The molecule has 2 aliphatic rings. The number of aromatic amines is 1. The summed E-state index contributed by atoms with van der Waals surface area (Å²) in [5, 5.41) is 0. The SMILES string of the molecule is Fc1ccc(C2=NC(CN3CCC(c4ncc(-c5ccc(C(F)(F)F)cc5)[nH]4)CC3)NO2)cc1C(F)(F)F. The van der Waals surface area contributed by atoms with Gasteiger partial charge in [0, 0.05) is 18.0 Å². The molecular weight excluding hydrogens is 519 g/mol. The molecule has 1 aromatic heterocycles. The molecule has 0 aliphatic carbocycles. The number of rotatable bonds is 5. The van der Waals surface area contributed by atoms with Crippen LogP contribution in [-0.4, -0.2) is 46.6 Å². The third-order valence-corrected chi connectivity index (χ3v) is 6.61. The van der Waals surface area contributed by atoms with E-state index in [0.717, 1.165) is 36.9 Å². The van der Waals surface area contributed by atoms with E-state index < -0.39 is 35.5 Å². The lowest BCUT2D eigenvalue weighted by molar-refractivity contribution is -0.140. The van der Waals surface area contributed by atoms with Crippen molar-refractivity contribution in [3.8, 4) is 11.3 Å². The number of benzene rings is 2. The number of imidazole rings is 1.